The van der Waals surface area contributed by atoms with Gasteiger partial charge in [-0.15, -0.1) is 0 Å². The van der Waals surface area contributed by atoms with Gasteiger partial charge in [0, 0.05) is 40.4 Å². The van der Waals surface area contributed by atoms with Gasteiger partial charge in [-0.3, -0.25) is 14.2 Å². The Morgan fingerprint density at radius 1 is 1.08 bits per heavy atom. The van der Waals surface area contributed by atoms with Gasteiger partial charge in [-0.1, -0.05) is 17.7 Å². The summed E-state index contributed by atoms with van der Waals surface area (Å²) in [6.07, 6.45) is 8.30. The second-order valence-electron chi connectivity index (χ2n) is 9.09. The molecule has 0 aliphatic rings. The first-order chi connectivity index (χ1) is 18.9. The number of carbonyl (C=O) groups excluding carboxylic acids is 2. The minimum atomic E-state index is -0.352. The smallest absolute Gasteiger partial charge is 0.310 e. The van der Waals surface area contributed by atoms with E-state index in [2.05, 4.69) is 4.98 Å². The molecule has 0 saturated carbocycles. The van der Waals surface area contributed by atoms with Gasteiger partial charge in [0.25, 0.3) is 5.91 Å². The number of hydrogen-bond donors (Lipinski definition) is 0. The Balaban J connectivity index is 1.28. The van der Waals surface area contributed by atoms with Crippen LogP contribution in [-0.4, -0.2) is 39.7 Å². The summed E-state index contributed by atoms with van der Waals surface area (Å²) in [5, 5.41) is 1.33. The van der Waals surface area contributed by atoms with E-state index in [0.717, 1.165) is 16.8 Å². The van der Waals surface area contributed by atoms with Crippen LogP contribution >= 0.6 is 11.6 Å². The fraction of sp³-hybridized carbons (Fsp3) is 0.200. The molecule has 0 fully saturated rings. The maximum Gasteiger partial charge on any atom is 0.310 e. The number of pyridine rings is 1. The molecule has 39 heavy (non-hydrogen) atoms. The zero-order valence-electron chi connectivity index (χ0n) is 21.7. The van der Waals surface area contributed by atoms with Gasteiger partial charge in [-0.2, -0.15) is 4.57 Å². The Bertz CT molecular complexity index is 1620. The molecule has 0 radical (unpaired) electrons. The number of fused-ring (bicyclic) bond motifs is 1. The molecule has 0 aliphatic heterocycles. The Labute approximate surface area is 231 Å². The van der Waals surface area contributed by atoms with E-state index in [1.807, 2.05) is 65.1 Å². The monoisotopic (exact) mass is 543 g/mol. The molecular weight excluding hydrogens is 516 g/mol. The molecule has 0 saturated heterocycles. The summed E-state index contributed by atoms with van der Waals surface area (Å²) in [5.41, 5.74) is 2.61. The predicted octanol–water partition coefficient (Wildman–Crippen LogP) is 4.95. The highest BCUT2D eigenvalue weighted by molar-refractivity contribution is 6.30. The molecule has 0 amide bonds. The zero-order valence-corrected chi connectivity index (χ0v) is 22.5. The third kappa shape index (κ3) is 5.71. The third-order valence-corrected chi connectivity index (χ3v) is 6.84. The number of aromatic nitrogens is 4. The fourth-order valence-electron chi connectivity index (χ4n) is 4.59. The van der Waals surface area contributed by atoms with Crippen LogP contribution in [-0.2, 0) is 22.5 Å². The standard InChI is InChI=1S/C30H28ClN4O4/c1-21-25(19-29(36)39-17-5-14-33-15-16-34(20-33)28-6-3-4-13-32-28)26-18-24(38-2)11-12-27(26)35(21)30(37)22-7-9-23(31)10-8-22/h3-4,6-13,15-16,18,20H,5,14,17,19H2,1-2H3/q+1. The molecule has 0 aliphatic carbocycles. The van der Waals surface area contributed by atoms with Crippen molar-refractivity contribution in [3.8, 4) is 11.6 Å². The number of ether oxygens (including phenoxy) is 2. The van der Waals surface area contributed by atoms with Crippen LogP contribution in [0.25, 0.3) is 16.7 Å². The number of carbonyl (C=O) groups is 2. The maximum absolute atomic E-state index is 13.4. The van der Waals surface area contributed by atoms with Crippen LogP contribution in [0, 0.1) is 6.92 Å². The maximum atomic E-state index is 13.4. The number of rotatable bonds is 9. The second kappa shape index (κ2) is 11.5. The summed E-state index contributed by atoms with van der Waals surface area (Å²) in [6.45, 7) is 2.81. The van der Waals surface area contributed by atoms with E-state index >= 15 is 0 Å². The van der Waals surface area contributed by atoms with Crippen molar-refractivity contribution in [2.75, 3.05) is 13.7 Å². The van der Waals surface area contributed by atoms with E-state index in [1.165, 1.54) is 0 Å². The number of halogens is 1. The average molecular weight is 544 g/mol. The lowest BCUT2D eigenvalue weighted by Gasteiger charge is -2.08. The van der Waals surface area contributed by atoms with Crippen molar-refractivity contribution in [1.29, 1.82) is 0 Å². The van der Waals surface area contributed by atoms with Crippen LogP contribution in [0.15, 0.2) is 85.6 Å². The topological polar surface area (TPSA) is 79.2 Å². The van der Waals surface area contributed by atoms with Crippen molar-refractivity contribution in [1.82, 2.24) is 14.1 Å². The predicted molar refractivity (Wildman–Crippen MR) is 147 cm³/mol. The van der Waals surface area contributed by atoms with Crippen LogP contribution in [0.3, 0.4) is 0 Å². The number of nitrogens with zero attached hydrogens (tertiary/aromatic N) is 4. The normalized spacial score (nSPS) is 11.1. The number of imidazole rings is 1. The lowest BCUT2D eigenvalue weighted by atomic mass is 10.1. The Hall–Kier alpha value is -4.43. The largest absolute Gasteiger partial charge is 0.497 e. The Morgan fingerprint density at radius 2 is 1.90 bits per heavy atom. The Morgan fingerprint density at radius 3 is 2.64 bits per heavy atom. The van der Waals surface area contributed by atoms with Crippen LogP contribution < -0.4 is 9.30 Å². The van der Waals surface area contributed by atoms with E-state index in [4.69, 9.17) is 21.1 Å². The third-order valence-electron chi connectivity index (χ3n) is 6.59. The molecular formula is C30H28ClN4O4+. The van der Waals surface area contributed by atoms with Crippen molar-refractivity contribution < 1.29 is 23.6 Å². The van der Waals surface area contributed by atoms with Gasteiger partial charge in [-0.25, -0.2) is 9.55 Å². The summed E-state index contributed by atoms with van der Waals surface area (Å²) in [7, 11) is 1.58. The lowest BCUT2D eigenvalue weighted by molar-refractivity contribution is -0.696. The van der Waals surface area contributed by atoms with E-state index < -0.39 is 0 Å². The number of hydrogen-bond acceptors (Lipinski definition) is 5. The first-order valence-electron chi connectivity index (χ1n) is 12.6. The summed E-state index contributed by atoms with van der Waals surface area (Å²) < 4.78 is 16.6. The first kappa shape index (κ1) is 26.2. The summed E-state index contributed by atoms with van der Waals surface area (Å²) >= 11 is 6.01. The molecule has 198 valence electrons. The number of esters is 1. The molecule has 5 aromatic rings. The number of aryl methyl sites for hydroxylation is 1. The zero-order chi connectivity index (χ0) is 27.4. The molecule has 0 bridgehead atoms. The summed E-state index contributed by atoms with van der Waals surface area (Å²) in [5.74, 6) is 0.926. The highest BCUT2D eigenvalue weighted by atomic mass is 35.5. The van der Waals surface area contributed by atoms with Gasteiger partial charge in [0.15, 0.2) is 0 Å². The molecule has 3 aromatic heterocycles. The summed E-state index contributed by atoms with van der Waals surface area (Å²) in [6, 6.07) is 18.0. The van der Waals surface area contributed by atoms with Gasteiger partial charge in [0.1, 0.15) is 18.1 Å². The lowest BCUT2D eigenvalue weighted by Crippen LogP contribution is -2.31. The van der Waals surface area contributed by atoms with Gasteiger partial charge in [0.2, 0.25) is 12.1 Å². The highest BCUT2D eigenvalue weighted by Crippen LogP contribution is 2.31. The van der Waals surface area contributed by atoms with Crippen molar-refractivity contribution in [3.05, 3.63) is 107 Å². The number of methoxy groups -OCH3 is 1. The molecule has 2 aromatic carbocycles. The molecule has 3 heterocycles. The molecule has 9 heteroatoms. The Kier molecular flexibility index (Phi) is 7.74. The average Bonchev–Trinajstić information content (AvgIpc) is 3.54. The van der Waals surface area contributed by atoms with Crippen LogP contribution in [0.4, 0.5) is 0 Å². The molecule has 0 spiro atoms. The first-order valence-corrected chi connectivity index (χ1v) is 12.9. The molecule has 0 N–H and O–H groups in total. The second-order valence-corrected chi connectivity index (χ2v) is 9.53. The van der Waals surface area contributed by atoms with Crippen molar-refractivity contribution in [2.45, 2.75) is 26.3 Å². The fourth-order valence-corrected chi connectivity index (χ4v) is 4.72. The van der Waals surface area contributed by atoms with Gasteiger partial charge < -0.3 is 9.47 Å². The van der Waals surface area contributed by atoms with Gasteiger partial charge in [0.05, 0.1) is 32.2 Å². The van der Waals surface area contributed by atoms with Crippen molar-refractivity contribution >= 4 is 34.4 Å². The minimum absolute atomic E-state index is 0.0413. The molecule has 0 unspecified atom stereocenters. The van der Waals surface area contributed by atoms with E-state index in [9.17, 15) is 9.59 Å². The molecule has 5 rings (SSSR count). The molecule has 0 atom stereocenters. The highest BCUT2D eigenvalue weighted by Gasteiger charge is 2.22. The van der Waals surface area contributed by atoms with Gasteiger partial charge in [-0.05, 0) is 61.0 Å². The molecule has 8 nitrogen and oxygen atoms in total. The minimum Gasteiger partial charge on any atom is -0.497 e. The summed E-state index contributed by atoms with van der Waals surface area (Å²) in [4.78, 5) is 30.7. The van der Waals surface area contributed by atoms with Crippen LogP contribution in [0.5, 0.6) is 5.75 Å². The number of benzene rings is 2. The van der Waals surface area contributed by atoms with Crippen LogP contribution in [0.1, 0.15) is 28.0 Å². The quantitative estimate of drug-likeness (QED) is 0.149. The van der Waals surface area contributed by atoms with Crippen LogP contribution in [0.2, 0.25) is 5.02 Å². The van der Waals surface area contributed by atoms with E-state index in [1.54, 1.807) is 48.2 Å². The van der Waals surface area contributed by atoms with Crippen molar-refractivity contribution in [2.24, 2.45) is 0 Å². The van der Waals surface area contributed by atoms with Crippen molar-refractivity contribution in [3.63, 3.8) is 0 Å². The van der Waals surface area contributed by atoms with Gasteiger partial charge >= 0.3 is 5.97 Å². The van der Waals surface area contributed by atoms with E-state index in [0.29, 0.717) is 40.5 Å². The van der Waals surface area contributed by atoms with E-state index in [-0.39, 0.29) is 24.9 Å². The SMILES string of the molecule is COc1ccc2c(c1)c(CC(=O)OCCC[n+]1ccn(-c3ccccn3)c1)c(C)n2C(=O)c1ccc(Cl)cc1.